The van der Waals surface area contributed by atoms with Crippen LogP contribution in [0.5, 0.6) is 0 Å². The van der Waals surface area contributed by atoms with Crippen LogP contribution < -0.4 is 16.4 Å². The second-order valence-electron chi connectivity index (χ2n) is 9.61. The van der Waals surface area contributed by atoms with E-state index in [9.17, 15) is 31.9 Å². The normalized spacial score (nSPS) is 17.6. The molecule has 3 amide bonds. The molecule has 2 aliphatic rings. The molecule has 1 fully saturated rings. The lowest BCUT2D eigenvalue weighted by molar-refractivity contribution is -0.143. The first kappa shape index (κ1) is 28.8. The van der Waals surface area contributed by atoms with Crippen LogP contribution in [-0.2, 0) is 14.4 Å². The van der Waals surface area contributed by atoms with Gasteiger partial charge in [-0.15, -0.1) is 0 Å². The zero-order chi connectivity index (χ0) is 28.0. The number of benzene rings is 2. The van der Waals surface area contributed by atoms with Gasteiger partial charge in [-0.3, -0.25) is 14.4 Å². The predicted molar refractivity (Wildman–Crippen MR) is 135 cm³/mol. The monoisotopic (exact) mass is 534 g/mol. The Morgan fingerprint density at radius 1 is 1.16 bits per heavy atom. The molecule has 0 saturated heterocycles. The number of hydrogen-bond acceptors (Lipinski definition) is 4. The summed E-state index contributed by atoms with van der Waals surface area (Å²) in [5, 5.41) is 4.66. The summed E-state index contributed by atoms with van der Waals surface area (Å²) >= 11 is 0. The number of anilines is 1. The maximum absolute atomic E-state index is 14.5. The number of aryl methyl sites for hydroxylation is 1. The second-order valence-corrected chi connectivity index (χ2v) is 9.61. The number of amides is 3. The number of primary amides is 1. The first-order chi connectivity index (χ1) is 17.8. The molecule has 2 atom stereocenters. The number of aliphatic imine (C=N–C) groups is 1. The van der Waals surface area contributed by atoms with E-state index in [2.05, 4.69) is 22.5 Å². The van der Waals surface area contributed by atoms with Crippen LogP contribution in [0.25, 0.3) is 0 Å². The SMILES string of the molecule is CC1CC1.Cc1ccc(C2=NC(NC(=O)C(CCC(F)(F)F)CC(N)=O)C(=O)Nc3c(F)cccc32)cc1. The van der Waals surface area contributed by atoms with E-state index in [0.29, 0.717) is 5.56 Å². The summed E-state index contributed by atoms with van der Waals surface area (Å²) in [5.74, 6) is -3.93. The molecule has 0 bridgehead atoms. The number of nitrogens with two attached hydrogens (primary N) is 1. The van der Waals surface area contributed by atoms with Crippen LogP contribution in [0.3, 0.4) is 0 Å². The number of para-hydroxylation sites is 1. The molecule has 2 unspecified atom stereocenters. The summed E-state index contributed by atoms with van der Waals surface area (Å²) in [6, 6.07) is 11.1. The summed E-state index contributed by atoms with van der Waals surface area (Å²) in [6.45, 7) is 4.14. The molecule has 11 heteroatoms. The third kappa shape index (κ3) is 8.39. The quantitative estimate of drug-likeness (QED) is 0.451. The van der Waals surface area contributed by atoms with Gasteiger partial charge in [0.05, 0.1) is 11.4 Å². The Morgan fingerprint density at radius 3 is 2.34 bits per heavy atom. The van der Waals surface area contributed by atoms with E-state index in [1.165, 1.54) is 18.9 Å². The molecule has 0 aromatic heterocycles. The summed E-state index contributed by atoms with van der Waals surface area (Å²) in [4.78, 5) is 41.2. The summed E-state index contributed by atoms with van der Waals surface area (Å²) in [7, 11) is 0. The van der Waals surface area contributed by atoms with Crippen molar-refractivity contribution in [3.8, 4) is 0 Å². The average Bonchev–Trinajstić information content (AvgIpc) is 3.64. The molecule has 4 N–H and O–H groups in total. The van der Waals surface area contributed by atoms with Crippen molar-refractivity contribution in [1.29, 1.82) is 0 Å². The van der Waals surface area contributed by atoms with Crippen molar-refractivity contribution < 1.29 is 31.9 Å². The highest BCUT2D eigenvalue weighted by Gasteiger charge is 2.34. The molecule has 2 aromatic carbocycles. The Kier molecular flexibility index (Phi) is 9.24. The van der Waals surface area contributed by atoms with Gasteiger partial charge >= 0.3 is 6.18 Å². The summed E-state index contributed by atoms with van der Waals surface area (Å²) < 4.78 is 52.6. The third-order valence-electron chi connectivity index (χ3n) is 6.09. The fourth-order valence-corrected chi connectivity index (χ4v) is 3.66. The van der Waals surface area contributed by atoms with Crippen molar-refractivity contribution in [3.05, 3.63) is 65.0 Å². The largest absolute Gasteiger partial charge is 0.389 e. The molecule has 1 saturated carbocycles. The first-order valence-corrected chi connectivity index (χ1v) is 12.2. The third-order valence-corrected chi connectivity index (χ3v) is 6.09. The predicted octanol–water partition coefficient (Wildman–Crippen LogP) is 4.62. The lowest BCUT2D eigenvalue weighted by Gasteiger charge is -2.19. The van der Waals surface area contributed by atoms with Gasteiger partial charge < -0.3 is 16.4 Å². The topological polar surface area (TPSA) is 114 Å². The highest BCUT2D eigenvalue weighted by Crippen LogP contribution is 2.28. The zero-order valence-corrected chi connectivity index (χ0v) is 21.1. The van der Waals surface area contributed by atoms with Gasteiger partial charge in [0.1, 0.15) is 5.82 Å². The van der Waals surface area contributed by atoms with Crippen molar-refractivity contribution in [2.75, 3.05) is 5.32 Å². The van der Waals surface area contributed by atoms with Crippen LogP contribution in [0.2, 0.25) is 0 Å². The Labute approximate surface area is 217 Å². The van der Waals surface area contributed by atoms with Gasteiger partial charge in [-0.25, -0.2) is 9.38 Å². The van der Waals surface area contributed by atoms with Crippen LogP contribution in [0.4, 0.5) is 23.2 Å². The fraction of sp³-hybridized carbons (Fsp3) is 0.407. The number of carbonyl (C=O) groups is 3. The number of benzodiazepines with no additional fused rings is 1. The van der Waals surface area contributed by atoms with Gasteiger partial charge in [0.25, 0.3) is 5.91 Å². The molecule has 1 heterocycles. The molecule has 1 aliphatic carbocycles. The van der Waals surface area contributed by atoms with E-state index >= 15 is 0 Å². The maximum atomic E-state index is 14.5. The number of nitrogens with one attached hydrogen (secondary N) is 2. The van der Waals surface area contributed by atoms with Gasteiger partial charge in [0.15, 0.2) is 0 Å². The van der Waals surface area contributed by atoms with Gasteiger partial charge in [-0.2, -0.15) is 13.2 Å². The van der Waals surface area contributed by atoms with Crippen LogP contribution in [0.1, 0.15) is 55.7 Å². The molecular weight excluding hydrogens is 504 g/mol. The van der Waals surface area contributed by atoms with Crippen molar-refractivity contribution in [2.24, 2.45) is 22.6 Å². The van der Waals surface area contributed by atoms with Gasteiger partial charge in [-0.1, -0.05) is 61.7 Å². The zero-order valence-electron chi connectivity index (χ0n) is 21.1. The van der Waals surface area contributed by atoms with E-state index in [4.69, 9.17) is 5.73 Å². The van der Waals surface area contributed by atoms with E-state index in [1.807, 2.05) is 6.92 Å². The van der Waals surface area contributed by atoms with Crippen molar-refractivity contribution in [2.45, 2.75) is 58.3 Å². The molecule has 204 valence electrons. The average molecular weight is 535 g/mol. The molecule has 0 radical (unpaired) electrons. The minimum atomic E-state index is -4.55. The molecule has 7 nitrogen and oxygen atoms in total. The minimum absolute atomic E-state index is 0.144. The Balaban J connectivity index is 0.000000912. The molecule has 4 rings (SSSR count). The van der Waals surface area contributed by atoms with Crippen molar-refractivity contribution in [3.63, 3.8) is 0 Å². The number of rotatable bonds is 7. The summed E-state index contributed by atoms with van der Waals surface area (Å²) in [5.41, 5.74) is 6.87. The highest BCUT2D eigenvalue weighted by molar-refractivity contribution is 6.20. The number of fused-ring (bicyclic) bond motifs is 1. The Morgan fingerprint density at radius 2 is 1.79 bits per heavy atom. The molecule has 1 aliphatic heterocycles. The van der Waals surface area contributed by atoms with Gasteiger partial charge in [0.2, 0.25) is 18.0 Å². The second kappa shape index (κ2) is 12.2. The first-order valence-electron chi connectivity index (χ1n) is 12.2. The number of hydrogen-bond donors (Lipinski definition) is 3. The van der Waals surface area contributed by atoms with Gasteiger partial charge in [-0.05, 0) is 25.3 Å². The van der Waals surface area contributed by atoms with Crippen LogP contribution in [0.15, 0.2) is 47.5 Å². The molecular formula is C27H30F4N4O3. The molecule has 38 heavy (non-hydrogen) atoms. The van der Waals surface area contributed by atoms with E-state index in [1.54, 1.807) is 30.3 Å². The number of halogens is 4. The van der Waals surface area contributed by atoms with Crippen LogP contribution in [-0.4, -0.2) is 35.8 Å². The van der Waals surface area contributed by atoms with Crippen molar-refractivity contribution >= 4 is 29.1 Å². The Bertz CT molecular complexity index is 1210. The number of carbonyl (C=O) groups excluding carboxylic acids is 3. The molecule has 2 aromatic rings. The fourth-order valence-electron chi connectivity index (χ4n) is 3.66. The van der Waals surface area contributed by atoms with E-state index in [0.717, 1.165) is 17.5 Å². The lowest BCUT2D eigenvalue weighted by Crippen LogP contribution is -2.45. The van der Waals surface area contributed by atoms with Gasteiger partial charge in [0, 0.05) is 29.9 Å². The summed E-state index contributed by atoms with van der Waals surface area (Å²) in [6.07, 6.45) is -5.82. The van der Waals surface area contributed by atoms with Crippen LogP contribution in [0, 0.1) is 24.6 Å². The van der Waals surface area contributed by atoms with Crippen molar-refractivity contribution in [1.82, 2.24) is 5.32 Å². The number of nitrogens with zero attached hydrogens (tertiary/aromatic N) is 1. The smallest absolute Gasteiger partial charge is 0.370 e. The van der Waals surface area contributed by atoms with E-state index < -0.39 is 61.1 Å². The minimum Gasteiger partial charge on any atom is -0.370 e. The van der Waals surface area contributed by atoms with Crippen LogP contribution >= 0.6 is 0 Å². The highest BCUT2D eigenvalue weighted by atomic mass is 19.4. The standard InChI is InChI=1S/C23H22F4N4O3.C4H8/c1-12-5-7-13(8-6-12)18-15-3-2-4-16(24)19(15)30-22(34)20(29-18)31-21(33)14(11-17(28)32)9-10-23(25,26)27;1-4-2-3-4/h2-8,14,20H,9-11H2,1H3,(H2,28,32)(H,30,34)(H,31,33);4H,2-3H2,1H3. The number of alkyl halides is 3. The molecule has 0 spiro atoms. The Hall–Kier alpha value is -3.76. The maximum Gasteiger partial charge on any atom is 0.389 e. The van der Waals surface area contributed by atoms with E-state index in [-0.39, 0.29) is 17.0 Å². The lowest BCUT2D eigenvalue weighted by atomic mass is 9.97.